The van der Waals surface area contributed by atoms with Crippen molar-refractivity contribution in [2.75, 3.05) is 17.6 Å². The Bertz CT molecular complexity index is 399. The topological polar surface area (TPSA) is 50.9 Å². The molecule has 0 radical (unpaired) electrons. The molecule has 0 aliphatic heterocycles. The van der Waals surface area contributed by atoms with Gasteiger partial charge >= 0.3 is 0 Å². The van der Waals surface area contributed by atoms with Crippen LogP contribution in [0.2, 0.25) is 0 Å². The van der Waals surface area contributed by atoms with Gasteiger partial charge in [0.15, 0.2) is 23.3 Å². The maximum absolute atomic E-state index is 13.4. The smallest absolute Gasteiger partial charge is 0.168 e. The maximum atomic E-state index is 13.4. The average Bonchev–Trinajstić information content (AvgIpc) is 2.19. The lowest BCUT2D eigenvalue weighted by molar-refractivity contribution is 0.274. The van der Waals surface area contributed by atoms with Gasteiger partial charge < -0.3 is 11.1 Å². The Hall–Kier alpha value is -1.39. The number of nitrogens with two attached hydrogens (primary N) is 1. The van der Waals surface area contributed by atoms with Crippen LogP contribution in [0.15, 0.2) is 6.07 Å². The van der Waals surface area contributed by atoms with E-state index >= 15 is 0 Å². The van der Waals surface area contributed by atoms with Gasteiger partial charge in [-0.3, -0.25) is 0 Å². The summed E-state index contributed by atoms with van der Waals surface area (Å²) in [5.41, 5.74) is 5.40. The van der Waals surface area contributed by atoms with Crippen LogP contribution in [0, 0.1) is 23.0 Å². The predicted molar refractivity (Wildman–Crippen MR) is 65.7 cm³/mol. The zero-order chi connectivity index (χ0) is 13.2. The highest BCUT2D eigenvalue weighted by atomic mass is 19.1. The Balaban J connectivity index is 2.73. The second kappa shape index (κ2) is 4.85. The first kappa shape index (κ1) is 13.7. The fraction of sp³-hybridized carbons (Fsp3) is 0.583. The number of rotatable bonds is 3. The van der Waals surface area contributed by atoms with E-state index < -0.39 is 11.6 Å². The largest absolute Gasteiger partial charge is 0.381 e. The van der Waals surface area contributed by atoms with Gasteiger partial charge in [-0.15, -0.1) is 0 Å². The normalized spacial score (nSPS) is 13.5. The minimum absolute atomic E-state index is 0. The van der Waals surface area contributed by atoms with E-state index in [2.05, 4.69) is 38.0 Å². The van der Waals surface area contributed by atoms with Gasteiger partial charge in [-0.2, -0.15) is 0 Å². The number of hydrogen-bond donors (Lipinski definition) is 2. The number of nitrogen functional groups attached to an aromatic ring is 1. The molecule has 1 unspecified atom stereocenters. The van der Waals surface area contributed by atoms with Gasteiger partial charge in [0.2, 0.25) is 0 Å². The molecule has 1 heterocycles. The van der Waals surface area contributed by atoms with E-state index in [1.165, 1.54) is 0 Å². The molecule has 17 heavy (non-hydrogen) atoms. The zero-order valence-corrected chi connectivity index (χ0v) is 10.6. The number of anilines is 2. The zero-order valence-electron chi connectivity index (χ0n) is 10.6. The van der Waals surface area contributed by atoms with Gasteiger partial charge in [0.1, 0.15) is 0 Å². The Morgan fingerprint density at radius 3 is 2.47 bits per heavy atom. The fourth-order valence-corrected chi connectivity index (χ4v) is 1.16. The Labute approximate surface area is 100 Å². The molecule has 1 aromatic heterocycles. The molecular formula is C12H19F2N3. The molecule has 0 amide bonds. The number of halogens is 2. The van der Waals surface area contributed by atoms with Crippen molar-refractivity contribution in [3.05, 3.63) is 17.7 Å². The van der Waals surface area contributed by atoms with Crippen molar-refractivity contribution in [1.82, 2.24) is 4.98 Å². The van der Waals surface area contributed by atoms with Crippen molar-refractivity contribution in [3.63, 3.8) is 0 Å². The fourth-order valence-electron chi connectivity index (χ4n) is 1.16. The highest BCUT2D eigenvalue weighted by Crippen LogP contribution is 2.26. The maximum Gasteiger partial charge on any atom is 0.168 e. The molecule has 0 fully saturated rings. The molecule has 3 nitrogen and oxygen atoms in total. The second-order valence-electron chi connectivity index (χ2n) is 5.33. The van der Waals surface area contributed by atoms with Crippen molar-refractivity contribution < 1.29 is 8.78 Å². The van der Waals surface area contributed by atoms with E-state index in [1.54, 1.807) is 0 Å². The van der Waals surface area contributed by atoms with Gasteiger partial charge in [-0.1, -0.05) is 27.7 Å². The van der Waals surface area contributed by atoms with E-state index in [1.807, 2.05) is 0 Å². The number of nitrogens with zero attached hydrogens (tertiary/aromatic N) is 1. The van der Waals surface area contributed by atoms with E-state index in [0.29, 0.717) is 12.5 Å². The van der Waals surface area contributed by atoms with Gasteiger partial charge in [0.05, 0.1) is 0 Å². The molecule has 0 spiro atoms. The van der Waals surface area contributed by atoms with Crippen LogP contribution in [0.5, 0.6) is 0 Å². The van der Waals surface area contributed by atoms with Gasteiger partial charge in [-0.25, -0.2) is 13.8 Å². The summed E-state index contributed by atoms with van der Waals surface area (Å²) in [4.78, 5) is 3.64. The second-order valence-corrected chi connectivity index (χ2v) is 5.33. The van der Waals surface area contributed by atoms with Gasteiger partial charge in [-0.05, 0) is 11.3 Å². The number of nitrogens with one attached hydrogen (secondary N) is 1. The number of hydrogen-bond acceptors (Lipinski definition) is 3. The summed E-state index contributed by atoms with van der Waals surface area (Å²) in [6.07, 6.45) is 0. The molecule has 0 bridgehead atoms. The molecule has 5 heteroatoms. The standard InChI is InChI=1S/C12H19F2N3/c1-7(12(2,3)4)6-16-11-9(14)5-8(13)10(15)17-11/h5,7H,6H2,1-4H3,(H3,15,16,17). The minimum Gasteiger partial charge on any atom is -0.381 e. The molecule has 0 aliphatic rings. The monoisotopic (exact) mass is 243 g/mol. The summed E-state index contributed by atoms with van der Waals surface area (Å²) in [5, 5.41) is 2.85. The van der Waals surface area contributed by atoms with Gasteiger partial charge in [0.25, 0.3) is 0 Å². The summed E-state index contributed by atoms with van der Waals surface area (Å²) in [5.74, 6) is -1.54. The minimum atomic E-state index is -0.836. The predicted octanol–water partition coefficient (Wildman–Crippen LogP) is 3.04. The quantitative estimate of drug-likeness (QED) is 0.858. The Kier molecular flexibility index (Phi) is 3.91. The molecule has 1 rings (SSSR count). The Morgan fingerprint density at radius 1 is 1.35 bits per heavy atom. The summed E-state index contributed by atoms with van der Waals surface area (Å²) >= 11 is 0. The van der Waals surface area contributed by atoms with Crippen molar-refractivity contribution in [3.8, 4) is 0 Å². The molecule has 0 aliphatic carbocycles. The van der Waals surface area contributed by atoms with Crippen molar-refractivity contribution in [2.45, 2.75) is 27.7 Å². The highest BCUT2D eigenvalue weighted by molar-refractivity contribution is 5.44. The van der Waals surface area contributed by atoms with E-state index in [9.17, 15) is 8.78 Å². The summed E-state index contributed by atoms with van der Waals surface area (Å²) in [7, 11) is 0. The number of pyridine rings is 1. The third kappa shape index (κ3) is 3.54. The summed E-state index contributed by atoms with van der Waals surface area (Å²) < 4.78 is 26.2. The summed E-state index contributed by atoms with van der Waals surface area (Å²) in [6.45, 7) is 8.91. The lowest BCUT2D eigenvalue weighted by Crippen LogP contribution is -2.25. The molecular weight excluding hydrogens is 224 g/mol. The lowest BCUT2D eigenvalue weighted by Gasteiger charge is -2.27. The van der Waals surface area contributed by atoms with Crippen LogP contribution in [0.25, 0.3) is 0 Å². The Morgan fingerprint density at radius 2 is 1.94 bits per heavy atom. The molecule has 0 saturated heterocycles. The van der Waals surface area contributed by atoms with Crippen molar-refractivity contribution >= 4 is 11.6 Å². The van der Waals surface area contributed by atoms with Crippen LogP contribution in [0.3, 0.4) is 0 Å². The third-order valence-electron chi connectivity index (χ3n) is 3.01. The average molecular weight is 243 g/mol. The molecule has 3 N–H and O–H groups in total. The lowest BCUT2D eigenvalue weighted by atomic mass is 9.82. The SMILES string of the molecule is CC(CNc1nc(N)c(F)cc1F)C(C)(C)C. The molecule has 0 saturated carbocycles. The molecule has 1 aromatic rings. The summed E-state index contributed by atoms with van der Waals surface area (Å²) in [6, 6.07) is 0.742. The van der Waals surface area contributed by atoms with Crippen molar-refractivity contribution in [1.29, 1.82) is 0 Å². The van der Waals surface area contributed by atoms with E-state index in [4.69, 9.17) is 5.73 Å². The molecule has 96 valence electrons. The van der Waals surface area contributed by atoms with Crippen LogP contribution in [0.1, 0.15) is 27.7 Å². The van der Waals surface area contributed by atoms with Gasteiger partial charge in [0, 0.05) is 12.6 Å². The van der Waals surface area contributed by atoms with Crippen molar-refractivity contribution in [2.24, 2.45) is 11.3 Å². The van der Waals surface area contributed by atoms with Crippen LogP contribution in [-0.4, -0.2) is 11.5 Å². The first-order chi connectivity index (χ1) is 7.71. The van der Waals surface area contributed by atoms with Crippen LogP contribution < -0.4 is 11.1 Å². The molecule has 0 aromatic carbocycles. The molecule has 1 atom stereocenters. The first-order valence-electron chi connectivity index (χ1n) is 5.57. The van der Waals surface area contributed by atoms with Crippen LogP contribution >= 0.6 is 0 Å². The van der Waals surface area contributed by atoms with Crippen LogP contribution in [-0.2, 0) is 0 Å². The number of aromatic nitrogens is 1. The highest BCUT2D eigenvalue weighted by Gasteiger charge is 2.20. The van der Waals surface area contributed by atoms with E-state index in [-0.39, 0.29) is 17.1 Å². The first-order valence-corrected chi connectivity index (χ1v) is 5.57. The van der Waals surface area contributed by atoms with E-state index in [0.717, 1.165) is 6.07 Å². The van der Waals surface area contributed by atoms with Crippen LogP contribution in [0.4, 0.5) is 20.4 Å². The third-order valence-corrected chi connectivity index (χ3v) is 3.01.